The van der Waals surface area contributed by atoms with E-state index in [0.29, 0.717) is 23.7 Å². The van der Waals surface area contributed by atoms with Crippen LogP contribution in [0, 0.1) is 0 Å². The number of carbonyl (C=O) groups excluding carboxylic acids is 1. The lowest BCUT2D eigenvalue weighted by atomic mass is 10.3. The lowest BCUT2D eigenvalue weighted by Crippen LogP contribution is -2.41. The van der Waals surface area contributed by atoms with Crippen LogP contribution < -0.4 is 21.5 Å². The van der Waals surface area contributed by atoms with Crippen LogP contribution in [0.5, 0.6) is 0 Å². The van der Waals surface area contributed by atoms with Crippen LogP contribution in [-0.4, -0.2) is 74.7 Å². The standard InChI is InChI=1S/C20H30N6O4.C2HF3O2/c1-5-30-15(27)13-26-18(28)16-17(23(4)20(26)29)22-19(25(16)11-7-14(2)3)24-10-6-8-21-9-12-24;3-2(4,5)1(6)7/h7,21H,5-6,8-13H2,1-4H3;(H,6,7). The maximum atomic E-state index is 13.3. The SMILES string of the molecule is CCOC(=O)Cn1c(=O)c2c(nc(N3CCCNCC3)n2CC=C(C)C)n(C)c1=O.O=C(O)C(F)(F)F. The van der Waals surface area contributed by atoms with Gasteiger partial charge in [-0.3, -0.25) is 14.2 Å². The Balaban J connectivity index is 0.000000604. The smallest absolute Gasteiger partial charge is 0.475 e. The number of carbonyl (C=O) groups is 2. The van der Waals surface area contributed by atoms with Gasteiger partial charge in [0.2, 0.25) is 5.95 Å². The molecule has 15 heteroatoms. The fourth-order valence-electron chi connectivity index (χ4n) is 3.57. The third-order valence-corrected chi connectivity index (χ3v) is 5.35. The Kier molecular flexibility index (Phi) is 10.1. The highest BCUT2D eigenvalue weighted by Crippen LogP contribution is 2.21. The van der Waals surface area contributed by atoms with Gasteiger partial charge in [-0.05, 0) is 33.7 Å². The Morgan fingerprint density at radius 1 is 1.16 bits per heavy atom. The van der Waals surface area contributed by atoms with Crippen LogP contribution in [0.15, 0.2) is 21.2 Å². The highest BCUT2D eigenvalue weighted by Gasteiger charge is 2.38. The molecule has 0 aliphatic carbocycles. The number of halogens is 3. The monoisotopic (exact) mass is 532 g/mol. The van der Waals surface area contributed by atoms with Gasteiger partial charge in [0.1, 0.15) is 6.54 Å². The number of hydrogen-bond donors (Lipinski definition) is 2. The van der Waals surface area contributed by atoms with Gasteiger partial charge in [-0.1, -0.05) is 11.6 Å². The molecule has 12 nitrogen and oxygen atoms in total. The van der Waals surface area contributed by atoms with Gasteiger partial charge in [0.15, 0.2) is 11.2 Å². The molecule has 0 radical (unpaired) electrons. The van der Waals surface area contributed by atoms with E-state index in [9.17, 15) is 27.6 Å². The zero-order valence-corrected chi connectivity index (χ0v) is 21.1. The average Bonchev–Trinajstić information content (AvgIpc) is 2.98. The topological polar surface area (TPSA) is 141 Å². The van der Waals surface area contributed by atoms with Crippen molar-refractivity contribution in [2.45, 2.75) is 46.5 Å². The number of carboxylic acids is 1. The number of nitrogens with one attached hydrogen (secondary N) is 1. The van der Waals surface area contributed by atoms with Gasteiger partial charge >= 0.3 is 23.8 Å². The maximum Gasteiger partial charge on any atom is 0.490 e. The van der Waals surface area contributed by atoms with Crippen LogP contribution in [0.2, 0.25) is 0 Å². The molecule has 0 bridgehead atoms. The van der Waals surface area contributed by atoms with E-state index in [2.05, 4.69) is 10.2 Å². The molecule has 3 rings (SSSR count). The number of rotatable bonds is 6. The van der Waals surface area contributed by atoms with Crippen LogP contribution in [0.4, 0.5) is 19.1 Å². The van der Waals surface area contributed by atoms with Gasteiger partial charge in [-0.25, -0.2) is 14.2 Å². The van der Waals surface area contributed by atoms with Crippen LogP contribution in [-0.2, 0) is 34.5 Å². The van der Waals surface area contributed by atoms with Crippen molar-refractivity contribution in [3.63, 3.8) is 0 Å². The number of allylic oxidation sites excluding steroid dienone is 2. The molecule has 0 saturated carbocycles. The van der Waals surface area contributed by atoms with Crippen molar-refractivity contribution < 1.29 is 32.6 Å². The quantitative estimate of drug-likeness (QED) is 0.409. The first-order valence-corrected chi connectivity index (χ1v) is 11.5. The van der Waals surface area contributed by atoms with E-state index in [-0.39, 0.29) is 6.61 Å². The van der Waals surface area contributed by atoms with Gasteiger partial charge in [-0.2, -0.15) is 18.2 Å². The number of fused-ring (bicyclic) bond motifs is 1. The number of alkyl halides is 3. The molecule has 2 aromatic rings. The first-order valence-electron chi connectivity index (χ1n) is 11.5. The summed E-state index contributed by atoms with van der Waals surface area (Å²) < 4.78 is 40.8. The fraction of sp³-hybridized carbons (Fsp3) is 0.591. The minimum Gasteiger partial charge on any atom is -0.475 e. The molecule has 0 spiro atoms. The molecule has 1 aliphatic rings. The summed E-state index contributed by atoms with van der Waals surface area (Å²) in [6, 6.07) is 0. The number of esters is 1. The van der Waals surface area contributed by atoms with E-state index < -0.39 is 35.9 Å². The van der Waals surface area contributed by atoms with E-state index in [0.717, 1.165) is 42.7 Å². The van der Waals surface area contributed by atoms with Crippen molar-refractivity contribution in [2.24, 2.45) is 7.05 Å². The maximum absolute atomic E-state index is 13.3. The van der Waals surface area contributed by atoms with E-state index in [4.69, 9.17) is 19.6 Å². The largest absolute Gasteiger partial charge is 0.490 e. The molecule has 0 unspecified atom stereocenters. The number of ether oxygens (including phenoxy) is 1. The number of aromatic nitrogens is 4. The van der Waals surface area contributed by atoms with Crippen LogP contribution in [0.25, 0.3) is 11.2 Å². The van der Waals surface area contributed by atoms with Gasteiger partial charge in [0.05, 0.1) is 6.61 Å². The van der Waals surface area contributed by atoms with Gasteiger partial charge in [-0.15, -0.1) is 0 Å². The summed E-state index contributed by atoms with van der Waals surface area (Å²) in [5.41, 5.74) is 0.620. The van der Waals surface area contributed by atoms with E-state index in [1.165, 1.54) is 4.57 Å². The molecule has 1 fully saturated rings. The molecule has 0 atom stereocenters. The van der Waals surface area contributed by atoms with Crippen LogP contribution in [0.1, 0.15) is 27.2 Å². The fourth-order valence-corrected chi connectivity index (χ4v) is 3.57. The normalized spacial score (nSPS) is 14.0. The summed E-state index contributed by atoms with van der Waals surface area (Å²) in [5, 5.41) is 10.5. The Bertz CT molecular complexity index is 1260. The van der Waals surface area contributed by atoms with Gasteiger partial charge in [0.25, 0.3) is 5.56 Å². The van der Waals surface area contributed by atoms with E-state index in [1.807, 2.05) is 24.5 Å². The highest BCUT2D eigenvalue weighted by atomic mass is 19.4. The van der Waals surface area contributed by atoms with Crippen molar-refractivity contribution in [2.75, 3.05) is 37.7 Å². The molecule has 0 aromatic carbocycles. The van der Waals surface area contributed by atoms with E-state index in [1.54, 1.807) is 14.0 Å². The summed E-state index contributed by atoms with van der Waals surface area (Å²) in [7, 11) is 1.57. The van der Waals surface area contributed by atoms with Gasteiger partial charge in [0, 0.05) is 33.2 Å². The average molecular weight is 533 g/mol. The summed E-state index contributed by atoms with van der Waals surface area (Å²) in [5.74, 6) is -2.72. The molecular weight excluding hydrogens is 501 g/mol. The zero-order chi connectivity index (χ0) is 27.9. The van der Waals surface area contributed by atoms with Crippen LogP contribution in [0.3, 0.4) is 0 Å². The van der Waals surface area contributed by atoms with Crippen LogP contribution >= 0.6 is 0 Å². The lowest BCUT2D eigenvalue weighted by Gasteiger charge is -2.21. The number of aryl methyl sites for hydroxylation is 1. The molecule has 206 valence electrons. The lowest BCUT2D eigenvalue weighted by molar-refractivity contribution is -0.192. The number of hydrogen-bond acceptors (Lipinski definition) is 8. The highest BCUT2D eigenvalue weighted by molar-refractivity contribution is 5.76. The predicted octanol–water partition coefficient (Wildman–Crippen LogP) is 0.859. The number of carboxylic acid groups (broad SMARTS) is 1. The second-order valence-electron chi connectivity index (χ2n) is 8.41. The Morgan fingerprint density at radius 2 is 1.81 bits per heavy atom. The first kappa shape index (κ1) is 29.6. The van der Waals surface area contributed by atoms with Crippen molar-refractivity contribution in [3.8, 4) is 0 Å². The number of anilines is 1. The predicted molar refractivity (Wildman–Crippen MR) is 129 cm³/mol. The van der Waals surface area contributed by atoms with Crippen molar-refractivity contribution >= 4 is 29.1 Å². The second kappa shape index (κ2) is 12.6. The summed E-state index contributed by atoms with van der Waals surface area (Å²) in [4.78, 5) is 53.8. The van der Waals surface area contributed by atoms with Crippen molar-refractivity contribution in [1.29, 1.82) is 0 Å². The third-order valence-electron chi connectivity index (χ3n) is 5.35. The van der Waals surface area contributed by atoms with Crippen molar-refractivity contribution in [1.82, 2.24) is 24.0 Å². The number of imidazole rings is 1. The Morgan fingerprint density at radius 3 is 2.38 bits per heavy atom. The molecule has 2 N–H and O–H groups in total. The molecule has 1 saturated heterocycles. The second-order valence-corrected chi connectivity index (χ2v) is 8.41. The third kappa shape index (κ3) is 7.44. The molecular formula is C22H31F3N6O6. The molecule has 0 amide bonds. The summed E-state index contributed by atoms with van der Waals surface area (Å²) >= 11 is 0. The summed E-state index contributed by atoms with van der Waals surface area (Å²) in [6.45, 7) is 9.16. The minimum atomic E-state index is -5.08. The van der Waals surface area contributed by atoms with E-state index >= 15 is 0 Å². The zero-order valence-electron chi connectivity index (χ0n) is 21.1. The van der Waals surface area contributed by atoms with Gasteiger partial charge < -0.3 is 24.6 Å². The Hall–Kier alpha value is -3.62. The summed E-state index contributed by atoms with van der Waals surface area (Å²) in [6.07, 6.45) is -2.11. The first-order chi connectivity index (χ1) is 17.3. The number of nitrogens with zero attached hydrogens (tertiary/aromatic N) is 5. The molecule has 2 aromatic heterocycles. The molecule has 3 heterocycles. The minimum absolute atomic E-state index is 0.182. The molecule has 37 heavy (non-hydrogen) atoms. The Labute approximate surface area is 209 Å². The molecule has 1 aliphatic heterocycles. The number of aliphatic carboxylic acids is 1. The van der Waals surface area contributed by atoms with Crippen molar-refractivity contribution in [3.05, 3.63) is 32.5 Å².